The van der Waals surface area contributed by atoms with E-state index in [-0.39, 0.29) is 30.8 Å². The van der Waals surface area contributed by atoms with Gasteiger partial charge >= 0.3 is 6.09 Å². The summed E-state index contributed by atoms with van der Waals surface area (Å²) in [5.41, 5.74) is 6.92. The Bertz CT molecular complexity index is 946. The quantitative estimate of drug-likeness (QED) is 0.362. The van der Waals surface area contributed by atoms with Gasteiger partial charge in [-0.1, -0.05) is 30.3 Å². The second kappa shape index (κ2) is 10.6. The molecule has 0 aliphatic carbocycles. The molecule has 0 spiro atoms. The number of carbonyl (C=O) groups excluding carboxylic acids is 3. The zero-order valence-electron chi connectivity index (χ0n) is 16.9. The van der Waals surface area contributed by atoms with Crippen LogP contribution in [0.2, 0.25) is 0 Å². The van der Waals surface area contributed by atoms with Crippen LogP contribution in [0.3, 0.4) is 0 Å². The maximum atomic E-state index is 12.6. The number of hydrogen-bond acceptors (Lipinski definition) is 6. The Morgan fingerprint density at radius 3 is 2.71 bits per heavy atom. The maximum absolute atomic E-state index is 12.6. The number of nitrogens with one attached hydrogen (secondary N) is 3. The van der Waals surface area contributed by atoms with E-state index in [0.29, 0.717) is 25.1 Å². The zero-order valence-corrected chi connectivity index (χ0v) is 17.7. The Hall–Kier alpha value is -3.40. The standard InChI is InChI=1S/C21H25N5O4S/c22-19(23)15-9-16(31-13-15)10-24-20(28)17-7-4-8-26(17)18(27)11-25-21(29)30-12-14-5-2-1-3-6-14/h1-3,5-6,9,13,17H,4,7-8,10-12H2,(H3,22,23)(H,24,28)(H,25,29). The predicted octanol–water partition coefficient (Wildman–Crippen LogP) is 1.57. The highest BCUT2D eigenvalue weighted by molar-refractivity contribution is 7.10. The van der Waals surface area contributed by atoms with Gasteiger partial charge in [-0.3, -0.25) is 15.0 Å². The van der Waals surface area contributed by atoms with Crippen molar-refractivity contribution in [3.05, 3.63) is 57.8 Å². The summed E-state index contributed by atoms with van der Waals surface area (Å²) in [7, 11) is 0. The minimum absolute atomic E-state index is 0.0174. The lowest BCUT2D eigenvalue weighted by Crippen LogP contribution is -2.48. The van der Waals surface area contributed by atoms with Crippen LogP contribution in [0.5, 0.6) is 0 Å². The van der Waals surface area contributed by atoms with Gasteiger partial charge in [-0.25, -0.2) is 4.79 Å². The molecular formula is C21H25N5O4S. The molecule has 31 heavy (non-hydrogen) atoms. The smallest absolute Gasteiger partial charge is 0.407 e. The van der Waals surface area contributed by atoms with Crippen LogP contribution in [0.15, 0.2) is 41.8 Å². The molecule has 0 radical (unpaired) electrons. The van der Waals surface area contributed by atoms with Crippen LogP contribution in [-0.2, 0) is 27.5 Å². The van der Waals surface area contributed by atoms with Crippen molar-refractivity contribution in [1.82, 2.24) is 15.5 Å². The topological polar surface area (TPSA) is 138 Å². The molecule has 0 saturated carbocycles. The number of carbonyl (C=O) groups is 3. The van der Waals surface area contributed by atoms with E-state index in [4.69, 9.17) is 15.9 Å². The van der Waals surface area contributed by atoms with Crippen LogP contribution in [0.4, 0.5) is 4.79 Å². The minimum Gasteiger partial charge on any atom is -0.445 e. The minimum atomic E-state index is -0.684. The third-order valence-electron chi connectivity index (χ3n) is 4.87. The van der Waals surface area contributed by atoms with Crippen molar-refractivity contribution in [3.63, 3.8) is 0 Å². The van der Waals surface area contributed by atoms with Crippen molar-refractivity contribution < 1.29 is 19.1 Å². The number of nitrogen functional groups attached to an aromatic ring is 1. The number of nitrogens with two attached hydrogens (primary N) is 1. The molecule has 1 saturated heterocycles. The third-order valence-corrected chi connectivity index (χ3v) is 5.81. The highest BCUT2D eigenvalue weighted by Crippen LogP contribution is 2.18. The molecule has 1 unspecified atom stereocenters. The Morgan fingerprint density at radius 2 is 2.00 bits per heavy atom. The number of alkyl carbamates (subject to hydrolysis) is 1. The lowest BCUT2D eigenvalue weighted by atomic mass is 10.2. The van der Waals surface area contributed by atoms with Crippen molar-refractivity contribution in [2.75, 3.05) is 13.1 Å². The normalized spacial score (nSPS) is 15.4. The molecule has 1 aromatic carbocycles. The Kier molecular flexibility index (Phi) is 7.60. The lowest BCUT2D eigenvalue weighted by molar-refractivity contribution is -0.137. The van der Waals surface area contributed by atoms with E-state index in [1.165, 1.54) is 16.2 Å². The van der Waals surface area contributed by atoms with Gasteiger partial charge in [0.25, 0.3) is 0 Å². The Morgan fingerprint density at radius 1 is 1.23 bits per heavy atom. The summed E-state index contributed by atoms with van der Waals surface area (Å²) in [5, 5.41) is 14.5. The molecule has 1 aliphatic heterocycles. The average Bonchev–Trinajstić information content (AvgIpc) is 3.45. The van der Waals surface area contributed by atoms with Crippen molar-refractivity contribution in [2.24, 2.45) is 5.73 Å². The largest absolute Gasteiger partial charge is 0.445 e. The summed E-state index contributed by atoms with van der Waals surface area (Å²) in [6.07, 6.45) is 0.603. The van der Waals surface area contributed by atoms with E-state index in [9.17, 15) is 14.4 Å². The number of likely N-dealkylation sites (tertiary alicyclic amines) is 1. The number of nitrogens with zero attached hydrogens (tertiary/aromatic N) is 1. The van der Waals surface area contributed by atoms with Crippen molar-refractivity contribution >= 4 is 35.1 Å². The Balaban J connectivity index is 1.43. The van der Waals surface area contributed by atoms with Crippen LogP contribution < -0.4 is 16.4 Å². The molecule has 10 heteroatoms. The van der Waals surface area contributed by atoms with Gasteiger partial charge in [-0.2, -0.15) is 0 Å². The molecule has 3 rings (SSSR count). The fourth-order valence-corrected chi connectivity index (χ4v) is 4.09. The number of thiophene rings is 1. The van der Waals surface area contributed by atoms with Gasteiger partial charge in [-0.05, 0) is 24.5 Å². The SMILES string of the molecule is N=C(N)c1csc(CNC(=O)C2CCCN2C(=O)CNC(=O)OCc2ccccc2)c1. The van der Waals surface area contributed by atoms with Crippen LogP contribution >= 0.6 is 11.3 Å². The molecule has 1 atom stereocenters. The molecule has 1 fully saturated rings. The molecular weight excluding hydrogens is 418 g/mol. The number of rotatable bonds is 8. The number of amidine groups is 1. The van der Waals surface area contributed by atoms with E-state index in [0.717, 1.165) is 16.9 Å². The van der Waals surface area contributed by atoms with Gasteiger partial charge in [0.2, 0.25) is 11.8 Å². The van der Waals surface area contributed by atoms with E-state index in [2.05, 4.69) is 10.6 Å². The first-order valence-corrected chi connectivity index (χ1v) is 10.8. The average molecular weight is 444 g/mol. The summed E-state index contributed by atoms with van der Waals surface area (Å²) in [6.45, 7) is 0.651. The number of benzene rings is 1. The van der Waals surface area contributed by atoms with Crippen LogP contribution in [0.25, 0.3) is 0 Å². The van der Waals surface area contributed by atoms with Gasteiger partial charge in [0.1, 0.15) is 25.0 Å². The predicted molar refractivity (Wildman–Crippen MR) is 117 cm³/mol. The van der Waals surface area contributed by atoms with Crippen LogP contribution in [0, 0.1) is 5.41 Å². The monoisotopic (exact) mass is 443 g/mol. The van der Waals surface area contributed by atoms with E-state index in [1.807, 2.05) is 30.3 Å². The van der Waals surface area contributed by atoms with E-state index >= 15 is 0 Å². The molecule has 2 heterocycles. The van der Waals surface area contributed by atoms with Crippen molar-refractivity contribution in [1.29, 1.82) is 5.41 Å². The van der Waals surface area contributed by atoms with Gasteiger partial charge in [-0.15, -0.1) is 11.3 Å². The molecule has 2 aromatic rings. The number of hydrogen-bond donors (Lipinski definition) is 4. The Labute approximate surface area is 184 Å². The fourth-order valence-electron chi connectivity index (χ4n) is 3.27. The molecule has 164 valence electrons. The van der Waals surface area contributed by atoms with Gasteiger partial charge < -0.3 is 26.0 Å². The lowest BCUT2D eigenvalue weighted by Gasteiger charge is -2.24. The third kappa shape index (κ3) is 6.29. The summed E-state index contributed by atoms with van der Waals surface area (Å²) >= 11 is 1.41. The second-order valence-corrected chi connectivity index (χ2v) is 8.09. The second-order valence-electron chi connectivity index (χ2n) is 7.09. The first kappa shape index (κ1) is 22.3. The number of ether oxygens (including phenoxy) is 1. The van der Waals surface area contributed by atoms with Crippen LogP contribution in [-0.4, -0.2) is 47.8 Å². The first-order chi connectivity index (χ1) is 14.9. The van der Waals surface area contributed by atoms with Gasteiger partial charge in [0, 0.05) is 22.4 Å². The van der Waals surface area contributed by atoms with Crippen LogP contribution in [0.1, 0.15) is 28.8 Å². The van der Waals surface area contributed by atoms with Gasteiger partial charge in [0.05, 0.1) is 6.54 Å². The highest BCUT2D eigenvalue weighted by atomic mass is 32.1. The molecule has 0 bridgehead atoms. The zero-order chi connectivity index (χ0) is 22.2. The maximum Gasteiger partial charge on any atom is 0.407 e. The summed E-state index contributed by atoms with van der Waals surface area (Å²) in [4.78, 5) is 39.3. The number of amides is 3. The van der Waals surface area contributed by atoms with Gasteiger partial charge in [0.15, 0.2) is 0 Å². The van der Waals surface area contributed by atoms with E-state index in [1.54, 1.807) is 11.4 Å². The van der Waals surface area contributed by atoms with Crippen molar-refractivity contribution in [2.45, 2.75) is 32.0 Å². The summed E-state index contributed by atoms with van der Waals surface area (Å²) < 4.78 is 5.10. The first-order valence-electron chi connectivity index (χ1n) is 9.87. The molecule has 5 N–H and O–H groups in total. The summed E-state index contributed by atoms with van der Waals surface area (Å²) in [5.74, 6) is -0.587. The molecule has 3 amide bonds. The van der Waals surface area contributed by atoms with Crippen molar-refractivity contribution in [3.8, 4) is 0 Å². The molecule has 9 nitrogen and oxygen atoms in total. The van der Waals surface area contributed by atoms with E-state index < -0.39 is 12.1 Å². The molecule has 1 aromatic heterocycles. The highest BCUT2D eigenvalue weighted by Gasteiger charge is 2.33. The summed E-state index contributed by atoms with van der Waals surface area (Å²) in [6, 6.07) is 10.4. The molecule has 1 aliphatic rings. The fraction of sp³-hybridized carbons (Fsp3) is 0.333.